The molecule has 0 aliphatic carbocycles. The van der Waals surface area contributed by atoms with E-state index in [4.69, 9.17) is 4.42 Å². The van der Waals surface area contributed by atoms with E-state index in [1.807, 2.05) is 30.3 Å². The van der Waals surface area contributed by atoms with E-state index < -0.39 is 5.54 Å². The van der Waals surface area contributed by atoms with Crippen LogP contribution in [0.25, 0.3) is 0 Å². The summed E-state index contributed by atoms with van der Waals surface area (Å²) in [4.78, 5) is 12.1. The number of amides is 1. The highest BCUT2D eigenvalue weighted by Gasteiger charge is 2.29. The second-order valence-corrected chi connectivity index (χ2v) is 5.20. The smallest absolute Gasteiger partial charge is 0.287 e. The molecule has 1 atom stereocenters. The molecule has 19 heavy (non-hydrogen) atoms. The highest BCUT2D eigenvalue weighted by molar-refractivity contribution is 9.10. The maximum Gasteiger partial charge on any atom is 0.287 e. The van der Waals surface area contributed by atoms with Crippen molar-refractivity contribution in [3.63, 3.8) is 0 Å². The number of rotatable bonds is 4. The fourth-order valence-electron chi connectivity index (χ4n) is 1.76. The van der Waals surface area contributed by atoms with Crippen LogP contribution >= 0.6 is 15.9 Å². The minimum absolute atomic E-state index is 0.197. The fourth-order valence-corrected chi connectivity index (χ4v) is 2.06. The molecule has 0 spiro atoms. The summed E-state index contributed by atoms with van der Waals surface area (Å²) in [6.07, 6.45) is 0. The summed E-state index contributed by atoms with van der Waals surface area (Å²) in [7, 11) is 0. The Morgan fingerprint density at radius 2 is 2.00 bits per heavy atom. The van der Waals surface area contributed by atoms with Gasteiger partial charge in [0, 0.05) is 0 Å². The normalized spacial score (nSPS) is 13.8. The lowest BCUT2D eigenvalue weighted by molar-refractivity contribution is 0.0820. The molecule has 1 heterocycles. The number of hydrogen-bond donors (Lipinski definition) is 2. The number of hydrogen-bond acceptors (Lipinski definition) is 3. The molecular formula is C14H14BrNO3. The lowest BCUT2D eigenvalue weighted by Gasteiger charge is -2.28. The molecular weight excluding hydrogens is 310 g/mol. The molecule has 0 radical (unpaired) electrons. The van der Waals surface area contributed by atoms with Gasteiger partial charge in [-0.15, -0.1) is 0 Å². The van der Waals surface area contributed by atoms with E-state index in [2.05, 4.69) is 21.2 Å². The molecule has 0 aliphatic rings. The molecule has 0 aliphatic heterocycles. The third-order valence-electron chi connectivity index (χ3n) is 2.91. The standard InChI is InChI=1S/C14H14BrNO3/c1-14(9-17,10-5-3-2-4-6-10)16-13(18)11-7-8-12(15)19-11/h2-8,17H,9H2,1H3,(H,16,18). The Labute approximate surface area is 119 Å². The lowest BCUT2D eigenvalue weighted by Crippen LogP contribution is -2.46. The first-order valence-corrected chi connectivity index (χ1v) is 6.59. The molecule has 1 unspecified atom stereocenters. The number of carbonyl (C=O) groups excluding carboxylic acids is 1. The third-order valence-corrected chi connectivity index (χ3v) is 3.34. The van der Waals surface area contributed by atoms with Gasteiger partial charge in [0.05, 0.1) is 12.1 Å². The Hall–Kier alpha value is -1.59. The first-order chi connectivity index (χ1) is 9.05. The molecule has 4 nitrogen and oxygen atoms in total. The number of nitrogens with one attached hydrogen (secondary N) is 1. The molecule has 1 aromatic heterocycles. The van der Waals surface area contributed by atoms with Gasteiger partial charge in [-0.1, -0.05) is 30.3 Å². The van der Waals surface area contributed by atoms with Crippen LogP contribution in [-0.4, -0.2) is 17.6 Å². The van der Waals surface area contributed by atoms with Crippen LogP contribution in [0.3, 0.4) is 0 Å². The summed E-state index contributed by atoms with van der Waals surface area (Å²) in [5.41, 5.74) is -0.0195. The Morgan fingerprint density at radius 1 is 1.32 bits per heavy atom. The minimum Gasteiger partial charge on any atom is -0.444 e. The van der Waals surface area contributed by atoms with Gasteiger partial charge in [-0.25, -0.2) is 0 Å². The zero-order chi connectivity index (χ0) is 13.9. The summed E-state index contributed by atoms with van der Waals surface area (Å²) in [6.45, 7) is 1.56. The molecule has 1 amide bonds. The van der Waals surface area contributed by atoms with Gasteiger partial charge in [0.25, 0.3) is 5.91 Å². The Kier molecular flexibility index (Phi) is 4.07. The quantitative estimate of drug-likeness (QED) is 0.909. The number of furan rings is 1. The van der Waals surface area contributed by atoms with Crippen molar-refractivity contribution >= 4 is 21.8 Å². The summed E-state index contributed by atoms with van der Waals surface area (Å²) in [5.74, 6) is -0.173. The topological polar surface area (TPSA) is 62.5 Å². The van der Waals surface area contributed by atoms with Crippen LogP contribution in [0.5, 0.6) is 0 Å². The van der Waals surface area contributed by atoms with Crippen molar-refractivity contribution < 1.29 is 14.3 Å². The summed E-state index contributed by atoms with van der Waals surface area (Å²) in [5, 5.41) is 12.4. The van der Waals surface area contributed by atoms with Crippen LogP contribution in [0.1, 0.15) is 23.0 Å². The number of aliphatic hydroxyl groups excluding tert-OH is 1. The van der Waals surface area contributed by atoms with Gasteiger partial charge in [0.2, 0.25) is 0 Å². The van der Waals surface area contributed by atoms with Crippen molar-refractivity contribution in [3.8, 4) is 0 Å². The highest BCUT2D eigenvalue weighted by atomic mass is 79.9. The Bertz CT molecular complexity index is 567. The first-order valence-electron chi connectivity index (χ1n) is 5.79. The predicted octanol–water partition coefficient (Wildman–Crippen LogP) is 2.68. The van der Waals surface area contributed by atoms with Crippen LogP contribution in [0.15, 0.2) is 51.6 Å². The molecule has 0 fully saturated rings. The molecule has 5 heteroatoms. The van der Waals surface area contributed by atoms with E-state index in [0.717, 1.165) is 5.56 Å². The van der Waals surface area contributed by atoms with Crippen molar-refractivity contribution in [2.24, 2.45) is 0 Å². The van der Waals surface area contributed by atoms with E-state index in [1.54, 1.807) is 19.1 Å². The van der Waals surface area contributed by atoms with Crippen LogP contribution < -0.4 is 5.32 Å². The van der Waals surface area contributed by atoms with E-state index in [9.17, 15) is 9.90 Å². The molecule has 2 aromatic rings. The number of carbonyl (C=O) groups is 1. The van der Waals surface area contributed by atoms with Crippen LogP contribution in [0.4, 0.5) is 0 Å². The van der Waals surface area contributed by atoms with Gasteiger partial charge >= 0.3 is 0 Å². The fraction of sp³-hybridized carbons (Fsp3) is 0.214. The second kappa shape index (κ2) is 5.59. The van der Waals surface area contributed by atoms with E-state index in [-0.39, 0.29) is 18.3 Å². The van der Waals surface area contributed by atoms with Crippen molar-refractivity contribution in [3.05, 3.63) is 58.5 Å². The van der Waals surface area contributed by atoms with E-state index in [0.29, 0.717) is 4.67 Å². The van der Waals surface area contributed by atoms with Crippen molar-refractivity contribution in [1.29, 1.82) is 0 Å². The number of halogens is 1. The number of aliphatic hydroxyl groups is 1. The van der Waals surface area contributed by atoms with Crippen molar-refractivity contribution in [1.82, 2.24) is 5.32 Å². The summed E-state index contributed by atoms with van der Waals surface area (Å²) in [6, 6.07) is 12.5. The maximum absolute atomic E-state index is 12.1. The molecule has 0 bridgehead atoms. The van der Waals surface area contributed by atoms with Gasteiger partial charge in [0.1, 0.15) is 0 Å². The van der Waals surface area contributed by atoms with E-state index >= 15 is 0 Å². The summed E-state index contributed by atoms with van der Waals surface area (Å²) < 4.78 is 5.68. The van der Waals surface area contributed by atoms with Crippen LogP contribution in [0.2, 0.25) is 0 Å². The van der Waals surface area contributed by atoms with Gasteiger partial charge in [-0.05, 0) is 40.5 Å². The molecule has 1 aromatic carbocycles. The SMILES string of the molecule is CC(CO)(NC(=O)c1ccc(Br)o1)c1ccccc1. The highest BCUT2D eigenvalue weighted by Crippen LogP contribution is 2.21. The Morgan fingerprint density at radius 3 is 2.53 bits per heavy atom. The van der Waals surface area contributed by atoms with Gasteiger partial charge in [0.15, 0.2) is 10.4 Å². The molecule has 100 valence electrons. The minimum atomic E-state index is -0.850. The molecule has 0 saturated heterocycles. The van der Waals surface area contributed by atoms with Crippen molar-refractivity contribution in [2.75, 3.05) is 6.61 Å². The average Bonchev–Trinajstić information content (AvgIpc) is 2.86. The third kappa shape index (κ3) is 3.05. The molecule has 0 saturated carbocycles. The van der Waals surface area contributed by atoms with Crippen molar-refractivity contribution in [2.45, 2.75) is 12.5 Å². The van der Waals surface area contributed by atoms with E-state index in [1.165, 1.54) is 0 Å². The van der Waals surface area contributed by atoms with Gasteiger partial charge in [-0.2, -0.15) is 0 Å². The molecule has 2 N–H and O–H groups in total. The van der Waals surface area contributed by atoms with Gasteiger partial charge < -0.3 is 14.8 Å². The predicted molar refractivity (Wildman–Crippen MR) is 74.8 cm³/mol. The van der Waals surface area contributed by atoms with Crippen LogP contribution in [-0.2, 0) is 5.54 Å². The largest absolute Gasteiger partial charge is 0.444 e. The monoisotopic (exact) mass is 323 g/mol. The first kappa shape index (κ1) is 13.8. The lowest BCUT2D eigenvalue weighted by atomic mass is 9.93. The molecule has 2 rings (SSSR count). The zero-order valence-electron chi connectivity index (χ0n) is 10.4. The summed E-state index contributed by atoms with van der Waals surface area (Å²) >= 11 is 3.15. The second-order valence-electron chi connectivity index (χ2n) is 4.41. The maximum atomic E-state index is 12.1. The average molecular weight is 324 g/mol. The Balaban J connectivity index is 2.22. The van der Waals surface area contributed by atoms with Crippen LogP contribution in [0, 0.1) is 0 Å². The zero-order valence-corrected chi connectivity index (χ0v) is 12.0. The van der Waals surface area contributed by atoms with Gasteiger partial charge in [-0.3, -0.25) is 4.79 Å². The number of benzene rings is 1.